The number of imide groups is 1. The number of carbonyl (C=O) groups excluding carboxylic acids is 3. The van der Waals surface area contributed by atoms with Crippen LogP contribution in [0.25, 0.3) is 0 Å². The molecule has 0 atom stereocenters. The Kier molecular flexibility index (Phi) is 6.40. The quantitative estimate of drug-likeness (QED) is 0.656. The number of amides is 3. The molecule has 0 unspecified atom stereocenters. The second-order valence-corrected chi connectivity index (χ2v) is 11.3. The number of likely N-dealkylation sites (tertiary alicyclic amines) is 1. The summed E-state index contributed by atoms with van der Waals surface area (Å²) >= 11 is 0. The highest BCUT2D eigenvalue weighted by Crippen LogP contribution is 2.46. The highest BCUT2D eigenvalue weighted by molar-refractivity contribution is 7.89. The van der Waals surface area contributed by atoms with Crippen molar-refractivity contribution in [3.63, 3.8) is 0 Å². The Morgan fingerprint density at radius 2 is 1.69 bits per heavy atom. The maximum absolute atomic E-state index is 12.9. The van der Waals surface area contributed by atoms with Gasteiger partial charge in [0.15, 0.2) is 0 Å². The van der Waals surface area contributed by atoms with Gasteiger partial charge < -0.3 is 5.32 Å². The maximum atomic E-state index is 12.9. The fourth-order valence-electron chi connectivity index (χ4n) is 5.32. The molecule has 8 nitrogen and oxygen atoms in total. The van der Waals surface area contributed by atoms with E-state index in [1.807, 2.05) is 0 Å². The van der Waals surface area contributed by atoms with Gasteiger partial charge in [-0.25, -0.2) is 8.42 Å². The molecule has 9 heteroatoms. The van der Waals surface area contributed by atoms with Gasteiger partial charge >= 0.3 is 0 Å². The van der Waals surface area contributed by atoms with Crippen LogP contribution in [0.15, 0.2) is 29.2 Å². The zero-order valence-electron chi connectivity index (χ0n) is 18.5. The van der Waals surface area contributed by atoms with Gasteiger partial charge in [0.05, 0.1) is 10.3 Å². The van der Waals surface area contributed by atoms with E-state index in [1.54, 1.807) is 7.05 Å². The van der Waals surface area contributed by atoms with Gasteiger partial charge in [0.25, 0.3) is 0 Å². The van der Waals surface area contributed by atoms with Crippen LogP contribution < -0.4 is 5.32 Å². The van der Waals surface area contributed by atoms with Crippen molar-refractivity contribution < 1.29 is 22.8 Å². The smallest absolute Gasteiger partial charge is 0.244 e. The van der Waals surface area contributed by atoms with Gasteiger partial charge in [0, 0.05) is 25.2 Å². The maximum Gasteiger partial charge on any atom is 0.244 e. The fourth-order valence-corrected chi connectivity index (χ4v) is 6.74. The molecule has 4 rings (SSSR count). The summed E-state index contributed by atoms with van der Waals surface area (Å²) in [6, 6.07) is 6.04. The summed E-state index contributed by atoms with van der Waals surface area (Å²) in [5.74, 6) is -1.00. The van der Waals surface area contributed by atoms with E-state index in [9.17, 15) is 22.8 Å². The minimum atomic E-state index is -3.61. The summed E-state index contributed by atoms with van der Waals surface area (Å²) in [6.07, 6.45) is 8.46. The van der Waals surface area contributed by atoms with Crippen molar-refractivity contribution in [3.8, 4) is 0 Å². The summed E-state index contributed by atoms with van der Waals surface area (Å²) in [7, 11) is -1.98. The Bertz CT molecular complexity index is 993. The van der Waals surface area contributed by atoms with E-state index < -0.39 is 21.3 Å². The molecule has 0 radical (unpaired) electrons. The number of hydrogen-bond donors (Lipinski definition) is 1. The summed E-state index contributed by atoms with van der Waals surface area (Å²) in [5, 5.41) is 2.67. The van der Waals surface area contributed by atoms with Crippen LogP contribution in [0.5, 0.6) is 0 Å². The normalized spacial score (nSPS) is 21.6. The van der Waals surface area contributed by atoms with E-state index in [0.717, 1.165) is 49.8 Å². The first-order valence-electron chi connectivity index (χ1n) is 11.5. The number of sulfonamides is 1. The number of benzene rings is 1. The number of anilines is 1. The molecule has 2 saturated carbocycles. The largest absolute Gasteiger partial charge is 0.325 e. The van der Waals surface area contributed by atoms with E-state index in [0.29, 0.717) is 18.5 Å². The first kappa shape index (κ1) is 22.9. The second kappa shape index (κ2) is 8.94. The molecule has 1 aromatic carbocycles. The van der Waals surface area contributed by atoms with Crippen molar-refractivity contribution in [1.82, 2.24) is 9.21 Å². The standard InChI is InChI=1S/C23H31N3O5S/c1-25(18-7-3-2-4-8-18)32(30,31)19-11-9-17(10-12-19)24-20(27)16-26-21(28)15-23(22(26)29)13-5-6-14-23/h9-12,18H,2-8,13-16H2,1H3,(H,24,27). The highest BCUT2D eigenvalue weighted by atomic mass is 32.2. The third kappa shape index (κ3) is 4.32. The molecule has 1 aromatic rings. The van der Waals surface area contributed by atoms with Crippen molar-refractivity contribution in [3.05, 3.63) is 24.3 Å². The van der Waals surface area contributed by atoms with Gasteiger partial charge in [-0.05, 0) is 49.9 Å². The molecule has 0 bridgehead atoms. The van der Waals surface area contributed by atoms with Gasteiger partial charge in [0.1, 0.15) is 6.54 Å². The lowest BCUT2D eigenvalue weighted by atomic mass is 9.84. The molecule has 1 spiro atoms. The van der Waals surface area contributed by atoms with Crippen LogP contribution in [0.3, 0.4) is 0 Å². The molecule has 174 valence electrons. The van der Waals surface area contributed by atoms with Crippen LogP contribution in [0.4, 0.5) is 5.69 Å². The SMILES string of the molecule is CN(C1CCCCC1)S(=O)(=O)c1ccc(NC(=O)CN2C(=O)CC3(CCCC3)C2=O)cc1. The van der Waals surface area contributed by atoms with Crippen molar-refractivity contribution >= 4 is 33.4 Å². The van der Waals surface area contributed by atoms with E-state index in [-0.39, 0.29) is 35.7 Å². The van der Waals surface area contributed by atoms with Crippen molar-refractivity contribution in [2.24, 2.45) is 5.41 Å². The average Bonchev–Trinajstić information content (AvgIpc) is 3.34. The monoisotopic (exact) mass is 461 g/mol. The molecule has 1 N–H and O–H groups in total. The lowest BCUT2D eigenvalue weighted by Crippen LogP contribution is -2.40. The third-order valence-corrected chi connectivity index (χ3v) is 9.18. The first-order chi connectivity index (χ1) is 15.2. The number of nitrogens with zero attached hydrogens (tertiary/aromatic N) is 2. The van der Waals surface area contributed by atoms with Crippen LogP contribution in [-0.2, 0) is 24.4 Å². The molecule has 32 heavy (non-hydrogen) atoms. The number of hydrogen-bond acceptors (Lipinski definition) is 5. The highest BCUT2D eigenvalue weighted by Gasteiger charge is 2.52. The van der Waals surface area contributed by atoms with Gasteiger partial charge in [-0.2, -0.15) is 4.31 Å². The Hall–Kier alpha value is -2.26. The molecule has 3 fully saturated rings. The molecule has 1 heterocycles. The van der Waals surface area contributed by atoms with Crippen molar-refractivity contribution in [1.29, 1.82) is 0 Å². The second-order valence-electron chi connectivity index (χ2n) is 9.33. The van der Waals surface area contributed by atoms with Crippen molar-refractivity contribution in [2.75, 3.05) is 18.9 Å². The van der Waals surface area contributed by atoms with E-state index in [1.165, 1.54) is 28.6 Å². The lowest BCUT2D eigenvalue weighted by Gasteiger charge is -2.30. The lowest BCUT2D eigenvalue weighted by molar-refractivity contribution is -0.143. The Morgan fingerprint density at radius 3 is 2.31 bits per heavy atom. The van der Waals surface area contributed by atoms with E-state index in [4.69, 9.17) is 0 Å². The van der Waals surface area contributed by atoms with Crippen LogP contribution in [0.2, 0.25) is 0 Å². The summed E-state index contributed by atoms with van der Waals surface area (Å²) in [4.78, 5) is 38.8. The molecule has 2 aliphatic carbocycles. The van der Waals surface area contributed by atoms with Crippen LogP contribution >= 0.6 is 0 Å². The zero-order chi connectivity index (χ0) is 22.9. The fraction of sp³-hybridized carbons (Fsp3) is 0.609. The summed E-state index contributed by atoms with van der Waals surface area (Å²) in [6.45, 7) is -0.316. The number of carbonyl (C=O) groups is 3. The molecular formula is C23H31N3O5S. The van der Waals surface area contributed by atoms with Gasteiger partial charge in [0.2, 0.25) is 27.7 Å². The van der Waals surface area contributed by atoms with E-state index >= 15 is 0 Å². The minimum Gasteiger partial charge on any atom is -0.325 e. The van der Waals surface area contributed by atoms with Gasteiger partial charge in [-0.15, -0.1) is 0 Å². The first-order valence-corrected chi connectivity index (χ1v) is 12.9. The summed E-state index contributed by atoms with van der Waals surface area (Å²) < 4.78 is 27.4. The number of nitrogens with one attached hydrogen (secondary N) is 1. The predicted octanol–water partition coefficient (Wildman–Crippen LogP) is 2.90. The molecule has 1 aliphatic heterocycles. The average molecular weight is 462 g/mol. The Labute approximate surface area is 189 Å². The van der Waals surface area contributed by atoms with Gasteiger partial charge in [-0.3, -0.25) is 19.3 Å². The molecule has 1 saturated heterocycles. The van der Waals surface area contributed by atoms with Crippen LogP contribution in [0, 0.1) is 5.41 Å². The Balaban J connectivity index is 1.37. The van der Waals surface area contributed by atoms with E-state index in [2.05, 4.69) is 5.32 Å². The zero-order valence-corrected chi connectivity index (χ0v) is 19.3. The Morgan fingerprint density at radius 1 is 1.06 bits per heavy atom. The molecule has 3 aliphatic rings. The minimum absolute atomic E-state index is 0.0202. The van der Waals surface area contributed by atoms with Crippen LogP contribution in [0.1, 0.15) is 64.2 Å². The van der Waals surface area contributed by atoms with Gasteiger partial charge in [-0.1, -0.05) is 32.1 Å². The van der Waals surface area contributed by atoms with Crippen LogP contribution in [-0.4, -0.2) is 55.0 Å². The molecule has 0 aromatic heterocycles. The topological polar surface area (TPSA) is 104 Å². The van der Waals surface area contributed by atoms with Crippen molar-refractivity contribution in [2.45, 2.75) is 75.1 Å². The summed E-state index contributed by atoms with van der Waals surface area (Å²) in [5.41, 5.74) is -0.179. The third-order valence-electron chi connectivity index (χ3n) is 7.26. The predicted molar refractivity (Wildman–Crippen MR) is 119 cm³/mol. The molecular weight excluding hydrogens is 430 g/mol. The molecule has 3 amide bonds. The number of rotatable bonds is 6.